The van der Waals surface area contributed by atoms with Gasteiger partial charge in [-0.2, -0.15) is 0 Å². The number of carbonyl (C=O) groups excluding carboxylic acids is 1. The van der Waals surface area contributed by atoms with Crippen LogP contribution in [-0.4, -0.2) is 39.0 Å². The Morgan fingerprint density at radius 1 is 1.25 bits per heavy atom. The van der Waals surface area contributed by atoms with E-state index in [1.165, 1.54) is 13.2 Å². The van der Waals surface area contributed by atoms with Gasteiger partial charge in [0, 0.05) is 47.6 Å². The summed E-state index contributed by atoms with van der Waals surface area (Å²) in [5.41, 5.74) is 4.12. The highest BCUT2D eigenvalue weighted by atomic mass is 127. The van der Waals surface area contributed by atoms with Crippen molar-refractivity contribution in [2.45, 2.75) is 13.0 Å². The quantitative estimate of drug-likeness (QED) is 0.301. The van der Waals surface area contributed by atoms with Gasteiger partial charge >= 0.3 is 5.97 Å². The molecule has 5 rings (SSSR count). The molecule has 0 saturated heterocycles. The topological polar surface area (TPSA) is 90.6 Å². The average molecular weight is 545 g/mol. The average Bonchev–Trinajstić information content (AvgIpc) is 3.45. The van der Waals surface area contributed by atoms with Crippen LogP contribution in [0.1, 0.15) is 21.6 Å². The third-order valence-corrected chi connectivity index (χ3v) is 6.14. The minimum atomic E-state index is -0.497. The molecule has 0 bridgehead atoms. The number of halogens is 2. The molecule has 10 heteroatoms. The van der Waals surface area contributed by atoms with E-state index in [0.717, 1.165) is 31.7 Å². The number of nitrogens with one attached hydrogen (secondary N) is 1. The fourth-order valence-corrected chi connectivity index (χ4v) is 4.45. The zero-order chi connectivity index (χ0) is 22.2. The molecule has 0 atom stereocenters. The zero-order valence-electron chi connectivity index (χ0n) is 16.9. The molecule has 1 aliphatic rings. The highest BCUT2D eigenvalue weighted by Gasteiger charge is 2.20. The van der Waals surface area contributed by atoms with Crippen molar-refractivity contribution in [1.82, 2.24) is 19.4 Å². The van der Waals surface area contributed by atoms with Crippen molar-refractivity contribution in [2.75, 3.05) is 19.0 Å². The predicted octanol–water partition coefficient (Wildman–Crippen LogP) is 3.87. The molecule has 4 aromatic rings. The number of pyridine rings is 1. The van der Waals surface area contributed by atoms with Gasteiger partial charge in [0.2, 0.25) is 5.95 Å². The van der Waals surface area contributed by atoms with Gasteiger partial charge in [-0.15, -0.1) is 0 Å². The minimum Gasteiger partial charge on any atom is -0.493 e. The maximum atomic E-state index is 14.5. The number of aromatic nitrogens is 4. The van der Waals surface area contributed by atoms with Crippen molar-refractivity contribution < 1.29 is 18.7 Å². The smallest absolute Gasteiger partial charge is 0.356 e. The largest absolute Gasteiger partial charge is 0.493 e. The highest BCUT2D eigenvalue weighted by Crippen LogP contribution is 2.32. The summed E-state index contributed by atoms with van der Waals surface area (Å²) in [6.45, 7) is 0.829. The van der Waals surface area contributed by atoms with Crippen molar-refractivity contribution in [3.63, 3.8) is 0 Å². The minimum absolute atomic E-state index is 0.225. The van der Waals surface area contributed by atoms with E-state index in [4.69, 9.17) is 9.47 Å². The van der Waals surface area contributed by atoms with Gasteiger partial charge in [-0.25, -0.2) is 24.1 Å². The molecule has 4 heterocycles. The van der Waals surface area contributed by atoms with E-state index in [0.29, 0.717) is 24.5 Å². The lowest BCUT2D eigenvalue weighted by Crippen LogP contribution is -2.10. The molecule has 162 valence electrons. The Balaban J connectivity index is 1.49. The molecule has 0 fully saturated rings. The monoisotopic (exact) mass is 545 g/mol. The number of carbonyl (C=O) groups is 1. The number of anilines is 1. The molecule has 32 heavy (non-hydrogen) atoms. The van der Waals surface area contributed by atoms with Crippen LogP contribution < -0.4 is 10.1 Å². The third kappa shape index (κ3) is 3.53. The zero-order valence-corrected chi connectivity index (χ0v) is 19.1. The summed E-state index contributed by atoms with van der Waals surface area (Å²) in [6, 6.07) is 6.49. The molecule has 8 nitrogen and oxygen atoms in total. The van der Waals surface area contributed by atoms with Crippen LogP contribution in [0.25, 0.3) is 16.6 Å². The van der Waals surface area contributed by atoms with Crippen molar-refractivity contribution in [3.8, 4) is 16.9 Å². The van der Waals surface area contributed by atoms with E-state index in [9.17, 15) is 9.18 Å². The number of ether oxygens (including phenoxy) is 2. The molecule has 0 unspecified atom stereocenters. The van der Waals surface area contributed by atoms with E-state index in [1.807, 2.05) is 4.40 Å². The lowest BCUT2D eigenvalue weighted by atomic mass is 10.0. The van der Waals surface area contributed by atoms with Crippen molar-refractivity contribution in [2.24, 2.45) is 0 Å². The van der Waals surface area contributed by atoms with E-state index in [1.54, 1.807) is 36.9 Å². The molecule has 1 aliphatic heterocycles. The van der Waals surface area contributed by atoms with Gasteiger partial charge in [0.15, 0.2) is 0 Å². The number of rotatable bonds is 5. The van der Waals surface area contributed by atoms with Gasteiger partial charge in [0.25, 0.3) is 0 Å². The maximum Gasteiger partial charge on any atom is 0.356 e. The number of benzene rings is 1. The lowest BCUT2D eigenvalue weighted by molar-refractivity contribution is 0.0594. The van der Waals surface area contributed by atoms with Crippen LogP contribution in [-0.2, 0) is 17.7 Å². The molecule has 1 aromatic carbocycles. The summed E-state index contributed by atoms with van der Waals surface area (Å²) in [4.78, 5) is 24.8. The fraction of sp³-hybridized carbons (Fsp3) is 0.182. The molecule has 1 N–H and O–H groups in total. The van der Waals surface area contributed by atoms with Crippen LogP contribution in [0.5, 0.6) is 5.75 Å². The predicted molar refractivity (Wildman–Crippen MR) is 123 cm³/mol. The van der Waals surface area contributed by atoms with Gasteiger partial charge in [-0.1, -0.05) is 6.07 Å². The molecule has 0 spiro atoms. The van der Waals surface area contributed by atoms with Gasteiger partial charge in [0.1, 0.15) is 27.3 Å². The summed E-state index contributed by atoms with van der Waals surface area (Å²) in [5.74, 6) is 0.501. The number of imidazole rings is 1. The number of esters is 1. The Hall–Kier alpha value is -3.28. The van der Waals surface area contributed by atoms with Gasteiger partial charge in [-0.05, 0) is 40.8 Å². The number of hydrogen-bond donors (Lipinski definition) is 1. The number of nitrogens with zero attached hydrogens (tertiary/aromatic N) is 4. The van der Waals surface area contributed by atoms with Crippen LogP contribution in [0.15, 0.2) is 43.0 Å². The lowest BCUT2D eigenvalue weighted by Gasteiger charge is -2.13. The Morgan fingerprint density at radius 3 is 2.91 bits per heavy atom. The molecule has 0 radical (unpaired) electrons. The van der Waals surface area contributed by atoms with Crippen LogP contribution in [0.3, 0.4) is 0 Å². The van der Waals surface area contributed by atoms with Gasteiger partial charge in [0.05, 0.1) is 19.2 Å². The number of fused-ring (bicyclic) bond motifs is 2. The Labute approximate surface area is 196 Å². The second-order valence-corrected chi connectivity index (χ2v) is 8.15. The second kappa shape index (κ2) is 8.34. The van der Waals surface area contributed by atoms with Gasteiger partial charge in [-0.3, -0.25) is 4.40 Å². The van der Waals surface area contributed by atoms with Crippen molar-refractivity contribution >= 4 is 40.0 Å². The summed E-state index contributed by atoms with van der Waals surface area (Å²) < 4.78 is 27.3. The first-order chi connectivity index (χ1) is 15.6. The fourth-order valence-electron chi connectivity index (χ4n) is 3.77. The van der Waals surface area contributed by atoms with Crippen molar-refractivity contribution in [1.29, 1.82) is 0 Å². The first-order valence-corrected chi connectivity index (χ1v) is 10.9. The first kappa shape index (κ1) is 20.6. The molecule has 0 saturated carbocycles. The normalized spacial score (nSPS) is 12.5. The summed E-state index contributed by atoms with van der Waals surface area (Å²) >= 11 is 2.16. The molecule has 3 aromatic heterocycles. The standard InChI is InChI=1S/C22H17FIN5O3/c1-31-21(30)17-4-2-12(8-25-17)14-9-26-22(29-11-28-20(24)19(14)29)27-10-15-13-6-7-32-18(13)5-3-16(15)23/h2-5,8-9,11H,6-7,10H2,1H3,(H,26,27). The summed E-state index contributed by atoms with van der Waals surface area (Å²) in [7, 11) is 1.31. The Bertz CT molecular complexity index is 1340. The van der Waals surface area contributed by atoms with E-state index < -0.39 is 5.97 Å². The molecular formula is C22H17FIN5O3. The number of hydrogen-bond acceptors (Lipinski definition) is 7. The molecule has 0 amide bonds. The Kier molecular flexibility index (Phi) is 5.37. The SMILES string of the molecule is COC(=O)c1ccc(-c2cnc(NCc3c(F)ccc4c3CCO4)n3cnc(I)c23)cn1. The van der Waals surface area contributed by atoms with E-state index in [2.05, 4.69) is 42.9 Å². The summed E-state index contributed by atoms with van der Waals surface area (Å²) in [5, 5.41) is 3.23. The van der Waals surface area contributed by atoms with Crippen LogP contribution in [0.2, 0.25) is 0 Å². The Morgan fingerprint density at radius 2 is 2.12 bits per heavy atom. The summed E-state index contributed by atoms with van der Waals surface area (Å²) in [6.07, 6.45) is 5.66. The van der Waals surface area contributed by atoms with E-state index in [-0.39, 0.29) is 18.1 Å². The highest BCUT2D eigenvalue weighted by molar-refractivity contribution is 14.1. The van der Waals surface area contributed by atoms with Crippen LogP contribution in [0.4, 0.5) is 10.3 Å². The number of methoxy groups -OCH3 is 1. The molecular weight excluding hydrogens is 528 g/mol. The van der Waals surface area contributed by atoms with Gasteiger partial charge < -0.3 is 14.8 Å². The van der Waals surface area contributed by atoms with E-state index >= 15 is 0 Å². The third-order valence-electron chi connectivity index (χ3n) is 5.36. The second-order valence-electron chi connectivity index (χ2n) is 7.13. The first-order valence-electron chi connectivity index (χ1n) is 9.80. The molecule has 0 aliphatic carbocycles. The maximum absolute atomic E-state index is 14.5. The van der Waals surface area contributed by atoms with Crippen molar-refractivity contribution in [3.05, 3.63) is 69.3 Å². The van der Waals surface area contributed by atoms with Crippen LogP contribution >= 0.6 is 22.6 Å². The van der Waals surface area contributed by atoms with Crippen LogP contribution in [0, 0.1) is 9.52 Å².